The highest BCUT2D eigenvalue weighted by Gasteiger charge is 2.21. The average molecular weight is 307 g/mol. The number of rotatable bonds is 6. The van der Waals surface area contributed by atoms with Crippen LogP contribution in [-0.4, -0.2) is 31.1 Å². The van der Waals surface area contributed by atoms with Gasteiger partial charge in [0.05, 0.1) is 12.7 Å². The van der Waals surface area contributed by atoms with Crippen LogP contribution in [-0.2, 0) is 9.53 Å². The molecule has 7 heteroatoms. The Hall–Kier alpha value is -2.57. The number of anilines is 1. The summed E-state index contributed by atoms with van der Waals surface area (Å²) in [6.07, 6.45) is 0.450. The highest BCUT2D eigenvalue weighted by atomic mass is 16.5. The van der Waals surface area contributed by atoms with Crippen molar-refractivity contribution in [2.24, 2.45) is 11.7 Å². The summed E-state index contributed by atoms with van der Waals surface area (Å²) in [7, 11) is 1.28. The molecule has 1 aromatic rings. The Morgan fingerprint density at radius 1 is 1.27 bits per heavy atom. The number of urea groups is 1. The lowest BCUT2D eigenvalue weighted by Gasteiger charge is -2.19. The molecule has 0 saturated heterocycles. The number of amides is 3. The number of benzene rings is 1. The van der Waals surface area contributed by atoms with Gasteiger partial charge in [0.2, 0.25) is 5.91 Å². The lowest BCUT2D eigenvalue weighted by atomic mass is 10.0. The Bertz CT molecular complexity index is 557. The van der Waals surface area contributed by atoms with Crippen molar-refractivity contribution in [3.63, 3.8) is 0 Å². The number of carbonyl (C=O) groups excluding carboxylic acids is 3. The van der Waals surface area contributed by atoms with Crippen LogP contribution in [0.5, 0.6) is 0 Å². The molecule has 0 bridgehead atoms. The summed E-state index contributed by atoms with van der Waals surface area (Å²) in [5, 5.41) is 5.07. The second kappa shape index (κ2) is 8.02. The van der Waals surface area contributed by atoms with E-state index >= 15 is 0 Å². The van der Waals surface area contributed by atoms with Crippen LogP contribution in [0.1, 0.15) is 30.6 Å². The van der Waals surface area contributed by atoms with Crippen LogP contribution in [0.25, 0.3) is 0 Å². The van der Waals surface area contributed by atoms with Gasteiger partial charge in [-0.15, -0.1) is 0 Å². The van der Waals surface area contributed by atoms with Crippen molar-refractivity contribution in [1.82, 2.24) is 5.32 Å². The van der Waals surface area contributed by atoms with Gasteiger partial charge < -0.3 is 21.1 Å². The SMILES string of the molecule is COC(=O)c1cccc(NC(=O)C(CC(C)C)NC(N)=O)c1. The minimum atomic E-state index is -0.760. The fraction of sp³-hybridized carbons (Fsp3) is 0.400. The number of nitrogens with two attached hydrogens (primary N) is 1. The molecule has 0 aliphatic heterocycles. The summed E-state index contributed by atoms with van der Waals surface area (Å²) in [4.78, 5) is 34.7. The number of hydrogen-bond acceptors (Lipinski definition) is 4. The number of esters is 1. The first-order chi connectivity index (χ1) is 10.3. The minimum absolute atomic E-state index is 0.198. The van der Waals surface area contributed by atoms with Crippen molar-refractivity contribution < 1.29 is 19.1 Å². The first kappa shape index (κ1) is 17.5. The third-order valence-electron chi connectivity index (χ3n) is 2.89. The van der Waals surface area contributed by atoms with Gasteiger partial charge in [-0.3, -0.25) is 4.79 Å². The smallest absolute Gasteiger partial charge is 0.337 e. The molecule has 0 aliphatic rings. The predicted octanol–water partition coefficient (Wildman–Crippen LogP) is 1.49. The predicted molar refractivity (Wildman–Crippen MR) is 82.4 cm³/mol. The molecule has 120 valence electrons. The van der Waals surface area contributed by atoms with Gasteiger partial charge in [-0.1, -0.05) is 19.9 Å². The Balaban J connectivity index is 2.84. The Kier molecular flexibility index (Phi) is 6.37. The average Bonchev–Trinajstić information content (AvgIpc) is 2.45. The molecule has 0 heterocycles. The molecule has 0 spiro atoms. The fourth-order valence-electron chi connectivity index (χ4n) is 1.95. The van der Waals surface area contributed by atoms with Gasteiger partial charge in [-0.2, -0.15) is 0 Å². The van der Waals surface area contributed by atoms with Crippen molar-refractivity contribution in [3.05, 3.63) is 29.8 Å². The molecule has 3 amide bonds. The van der Waals surface area contributed by atoms with Crippen LogP contribution >= 0.6 is 0 Å². The molecule has 1 atom stereocenters. The summed E-state index contributed by atoms with van der Waals surface area (Å²) in [5.41, 5.74) is 5.85. The summed E-state index contributed by atoms with van der Waals surface area (Å²) in [6.45, 7) is 3.86. The fourth-order valence-corrected chi connectivity index (χ4v) is 1.95. The lowest BCUT2D eigenvalue weighted by molar-refractivity contribution is -0.118. The second-order valence-electron chi connectivity index (χ2n) is 5.25. The first-order valence-corrected chi connectivity index (χ1v) is 6.88. The molecule has 0 aliphatic carbocycles. The van der Waals surface area contributed by atoms with Crippen molar-refractivity contribution in [1.29, 1.82) is 0 Å². The van der Waals surface area contributed by atoms with Gasteiger partial charge in [-0.05, 0) is 30.5 Å². The van der Waals surface area contributed by atoms with Gasteiger partial charge in [0, 0.05) is 5.69 Å². The highest BCUT2D eigenvalue weighted by Crippen LogP contribution is 2.13. The molecular weight excluding hydrogens is 286 g/mol. The lowest BCUT2D eigenvalue weighted by Crippen LogP contribution is -2.46. The van der Waals surface area contributed by atoms with E-state index in [4.69, 9.17) is 5.73 Å². The highest BCUT2D eigenvalue weighted by molar-refractivity contribution is 5.98. The molecule has 0 radical (unpaired) electrons. The maximum absolute atomic E-state index is 12.2. The third kappa shape index (κ3) is 5.43. The molecule has 0 saturated carbocycles. The molecule has 1 unspecified atom stereocenters. The van der Waals surface area contributed by atoms with E-state index in [-0.39, 0.29) is 5.92 Å². The maximum Gasteiger partial charge on any atom is 0.337 e. The minimum Gasteiger partial charge on any atom is -0.465 e. The summed E-state index contributed by atoms with van der Waals surface area (Å²) >= 11 is 0. The maximum atomic E-state index is 12.2. The summed E-state index contributed by atoms with van der Waals surface area (Å²) < 4.78 is 4.62. The molecule has 0 aromatic heterocycles. The van der Waals surface area contributed by atoms with E-state index in [0.29, 0.717) is 17.7 Å². The number of nitrogens with one attached hydrogen (secondary N) is 2. The normalized spacial score (nSPS) is 11.6. The number of primary amides is 1. The monoisotopic (exact) mass is 307 g/mol. The molecular formula is C15H21N3O4. The second-order valence-corrected chi connectivity index (χ2v) is 5.25. The van der Waals surface area contributed by atoms with Crippen molar-refractivity contribution in [2.75, 3.05) is 12.4 Å². The van der Waals surface area contributed by atoms with E-state index < -0.39 is 23.9 Å². The number of methoxy groups -OCH3 is 1. The van der Waals surface area contributed by atoms with Crippen LogP contribution < -0.4 is 16.4 Å². The topological polar surface area (TPSA) is 111 Å². The van der Waals surface area contributed by atoms with E-state index in [1.807, 2.05) is 13.8 Å². The van der Waals surface area contributed by atoms with E-state index in [1.54, 1.807) is 18.2 Å². The molecule has 4 N–H and O–H groups in total. The van der Waals surface area contributed by atoms with Crippen molar-refractivity contribution in [2.45, 2.75) is 26.3 Å². The number of ether oxygens (including phenoxy) is 1. The van der Waals surface area contributed by atoms with Gasteiger partial charge in [-0.25, -0.2) is 9.59 Å². The van der Waals surface area contributed by atoms with E-state index in [0.717, 1.165) is 0 Å². The largest absolute Gasteiger partial charge is 0.465 e. The van der Waals surface area contributed by atoms with Gasteiger partial charge in [0.15, 0.2) is 0 Å². The van der Waals surface area contributed by atoms with Crippen molar-refractivity contribution >= 4 is 23.6 Å². The van der Waals surface area contributed by atoms with Crippen LogP contribution in [0.15, 0.2) is 24.3 Å². The Morgan fingerprint density at radius 2 is 1.95 bits per heavy atom. The molecule has 1 rings (SSSR count). The molecule has 1 aromatic carbocycles. The van der Waals surface area contributed by atoms with Crippen LogP contribution in [0.4, 0.5) is 10.5 Å². The molecule has 7 nitrogen and oxygen atoms in total. The Morgan fingerprint density at radius 3 is 2.50 bits per heavy atom. The van der Waals surface area contributed by atoms with E-state index in [9.17, 15) is 14.4 Å². The van der Waals surface area contributed by atoms with E-state index in [1.165, 1.54) is 13.2 Å². The standard InChI is InChI=1S/C15H21N3O4/c1-9(2)7-12(18-15(16)21)13(19)17-11-6-4-5-10(8-11)14(20)22-3/h4-6,8-9,12H,7H2,1-3H3,(H,17,19)(H3,16,18,21). The molecule has 0 fully saturated rings. The molecule has 22 heavy (non-hydrogen) atoms. The van der Waals surface area contributed by atoms with Gasteiger partial charge in [0.1, 0.15) is 6.04 Å². The van der Waals surface area contributed by atoms with Crippen molar-refractivity contribution in [3.8, 4) is 0 Å². The summed E-state index contributed by atoms with van der Waals surface area (Å²) in [6, 6.07) is 4.85. The zero-order valence-corrected chi connectivity index (χ0v) is 12.9. The van der Waals surface area contributed by atoms with Gasteiger partial charge >= 0.3 is 12.0 Å². The summed E-state index contributed by atoms with van der Waals surface area (Å²) in [5.74, 6) is -0.691. The zero-order chi connectivity index (χ0) is 16.7. The third-order valence-corrected chi connectivity index (χ3v) is 2.89. The zero-order valence-electron chi connectivity index (χ0n) is 12.9. The first-order valence-electron chi connectivity index (χ1n) is 6.88. The van der Waals surface area contributed by atoms with Gasteiger partial charge in [0.25, 0.3) is 0 Å². The van der Waals surface area contributed by atoms with Crippen LogP contribution in [0, 0.1) is 5.92 Å². The van der Waals surface area contributed by atoms with E-state index in [2.05, 4.69) is 15.4 Å². The van der Waals surface area contributed by atoms with Crippen LogP contribution in [0.3, 0.4) is 0 Å². The Labute approximate surface area is 129 Å². The van der Waals surface area contributed by atoms with Crippen LogP contribution in [0.2, 0.25) is 0 Å². The number of carbonyl (C=O) groups is 3. The quantitative estimate of drug-likeness (QED) is 0.691. The number of hydrogen-bond donors (Lipinski definition) is 3.